The van der Waals surface area contributed by atoms with Gasteiger partial charge in [-0.2, -0.15) is 4.98 Å². The zero-order valence-corrected chi connectivity index (χ0v) is 14.9. The van der Waals surface area contributed by atoms with Gasteiger partial charge >= 0.3 is 0 Å². The molecule has 0 atom stereocenters. The first-order valence-electron chi connectivity index (χ1n) is 9.26. The van der Waals surface area contributed by atoms with Crippen molar-refractivity contribution >= 4 is 17.7 Å². The second kappa shape index (κ2) is 7.92. The molecule has 0 spiro atoms. The first kappa shape index (κ1) is 17.1. The van der Waals surface area contributed by atoms with E-state index in [9.17, 15) is 4.79 Å². The van der Waals surface area contributed by atoms with E-state index in [0.717, 1.165) is 57.7 Å². The molecule has 6 heteroatoms. The summed E-state index contributed by atoms with van der Waals surface area (Å²) in [5, 5.41) is 2.92. The van der Waals surface area contributed by atoms with Crippen molar-refractivity contribution in [2.75, 3.05) is 36.4 Å². The number of rotatable bonds is 4. The Bertz CT molecular complexity index is 548. The minimum absolute atomic E-state index is 0.0801. The van der Waals surface area contributed by atoms with Crippen LogP contribution in [-0.2, 0) is 4.79 Å². The highest BCUT2D eigenvalue weighted by Gasteiger charge is 2.23. The molecule has 2 aliphatic rings. The minimum Gasteiger partial charge on any atom is -0.354 e. The van der Waals surface area contributed by atoms with E-state index in [4.69, 9.17) is 0 Å². The first-order valence-corrected chi connectivity index (χ1v) is 9.26. The van der Waals surface area contributed by atoms with Crippen molar-refractivity contribution in [3.63, 3.8) is 0 Å². The number of hydrogen-bond donors (Lipinski definition) is 1. The van der Waals surface area contributed by atoms with Crippen molar-refractivity contribution in [1.82, 2.24) is 14.9 Å². The molecule has 132 valence electrons. The van der Waals surface area contributed by atoms with Crippen molar-refractivity contribution in [2.45, 2.75) is 52.0 Å². The van der Waals surface area contributed by atoms with Crippen LogP contribution in [0.5, 0.6) is 0 Å². The normalized spacial score (nSPS) is 20.4. The molecule has 1 aromatic heterocycles. The summed E-state index contributed by atoms with van der Waals surface area (Å²) in [4.78, 5) is 25.9. The second-order valence-electron chi connectivity index (χ2n) is 7.18. The van der Waals surface area contributed by atoms with Crippen LogP contribution in [-0.4, -0.2) is 53.0 Å². The molecule has 6 nitrogen and oxygen atoms in total. The largest absolute Gasteiger partial charge is 0.354 e. The van der Waals surface area contributed by atoms with Crippen molar-refractivity contribution in [2.24, 2.45) is 5.92 Å². The molecule has 1 amide bonds. The Balaban J connectivity index is 1.59. The van der Waals surface area contributed by atoms with Gasteiger partial charge in [-0.25, -0.2) is 4.98 Å². The van der Waals surface area contributed by atoms with Crippen LogP contribution in [0, 0.1) is 5.92 Å². The Morgan fingerprint density at radius 1 is 1.17 bits per heavy atom. The van der Waals surface area contributed by atoms with Gasteiger partial charge in [0.1, 0.15) is 5.82 Å². The predicted molar refractivity (Wildman–Crippen MR) is 96.2 cm³/mol. The van der Waals surface area contributed by atoms with Gasteiger partial charge in [0.15, 0.2) is 0 Å². The van der Waals surface area contributed by atoms with Crippen molar-refractivity contribution < 1.29 is 4.79 Å². The summed E-state index contributed by atoms with van der Waals surface area (Å²) in [6, 6.07) is 2.52. The Kier molecular flexibility index (Phi) is 5.66. The molecule has 1 aliphatic heterocycles. The van der Waals surface area contributed by atoms with E-state index in [0.29, 0.717) is 12.0 Å². The SMILES string of the molecule is CC(C)N1CCN(c2ccnc(NC(=O)C3CCCCC3)n2)CC1. The quantitative estimate of drug-likeness (QED) is 0.918. The van der Waals surface area contributed by atoms with Crippen molar-refractivity contribution in [3.8, 4) is 0 Å². The third-order valence-electron chi connectivity index (χ3n) is 5.22. The highest BCUT2D eigenvalue weighted by molar-refractivity contribution is 5.91. The monoisotopic (exact) mass is 331 g/mol. The van der Waals surface area contributed by atoms with Crippen LogP contribution >= 0.6 is 0 Å². The lowest BCUT2D eigenvalue weighted by atomic mass is 9.89. The Morgan fingerprint density at radius 3 is 2.54 bits per heavy atom. The fourth-order valence-corrected chi connectivity index (χ4v) is 3.63. The van der Waals surface area contributed by atoms with Crippen LogP contribution in [0.4, 0.5) is 11.8 Å². The van der Waals surface area contributed by atoms with Gasteiger partial charge in [0.2, 0.25) is 11.9 Å². The summed E-state index contributed by atoms with van der Waals surface area (Å²) in [5.41, 5.74) is 0. The summed E-state index contributed by atoms with van der Waals surface area (Å²) >= 11 is 0. The lowest BCUT2D eigenvalue weighted by Gasteiger charge is -2.37. The molecule has 2 fully saturated rings. The van der Waals surface area contributed by atoms with Crippen LogP contribution in [0.3, 0.4) is 0 Å². The molecule has 1 aliphatic carbocycles. The summed E-state index contributed by atoms with van der Waals surface area (Å²) < 4.78 is 0. The Morgan fingerprint density at radius 2 is 1.88 bits per heavy atom. The average Bonchev–Trinajstić information content (AvgIpc) is 2.63. The molecule has 1 saturated heterocycles. The zero-order valence-electron chi connectivity index (χ0n) is 14.9. The summed E-state index contributed by atoms with van der Waals surface area (Å²) in [5.74, 6) is 1.55. The van der Waals surface area contributed by atoms with Gasteiger partial charge in [-0.05, 0) is 32.8 Å². The number of carbonyl (C=O) groups excluding carboxylic acids is 1. The number of carbonyl (C=O) groups is 1. The maximum Gasteiger partial charge on any atom is 0.231 e. The number of piperazine rings is 1. The van der Waals surface area contributed by atoms with E-state index in [1.165, 1.54) is 6.42 Å². The molecule has 1 aromatic rings. The highest BCUT2D eigenvalue weighted by Crippen LogP contribution is 2.24. The number of amides is 1. The third kappa shape index (κ3) is 4.23. The van der Waals surface area contributed by atoms with Crippen molar-refractivity contribution in [3.05, 3.63) is 12.3 Å². The van der Waals surface area contributed by atoms with Crippen LogP contribution in [0.1, 0.15) is 46.0 Å². The van der Waals surface area contributed by atoms with Gasteiger partial charge in [0, 0.05) is 44.3 Å². The summed E-state index contributed by atoms with van der Waals surface area (Å²) in [6.07, 6.45) is 7.27. The average molecular weight is 331 g/mol. The maximum atomic E-state index is 12.4. The molecule has 0 bridgehead atoms. The molecule has 0 unspecified atom stereocenters. The van der Waals surface area contributed by atoms with Crippen molar-refractivity contribution in [1.29, 1.82) is 0 Å². The molecule has 0 radical (unpaired) electrons. The van der Waals surface area contributed by atoms with Gasteiger partial charge < -0.3 is 4.90 Å². The van der Waals surface area contributed by atoms with E-state index in [1.807, 2.05) is 6.07 Å². The van der Waals surface area contributed by atoms with Gasteiger partial charge in [0.05, 0.1) is 0 Å². The minimum atomic E-state index is 0.0801. The standard InChI is InChI=1S/C18H29N5O/c1-14(2)22-10-12-23(13-11-22)16-8-9-19-18(20-16)21-17(24)15-6-4-3-5-7-15/h8-9,14-15H,3-7,10-13H2,1-2H3,(H,19,20,21,24). The Hall–Kier alpha value is -1.69. The number of aromatic nitrogens is 2. The fourth-order valence-electron chi connectivity index (χ4n) is 3.63. The fraction of sp³-hybridized carbons (Fsp3) is 0.722. The molecule has 1 N–H and O–H groups in total. The van der Waals surface area contributed by atoms with E-state index in [1.54, 1.807) is 6.20 Å². The van der Waals surface area contributed by atoms with Gasteiger partial charge in [-0.3, -0.25) is 15.0 Å². The predicted octanol–water partition coefficient (Wildman–Crippen LogP) is 2.53. The number of nitrogens with one attached hydrogen (secondary N) is 1. The van der Waals surface area contributed by atoms with Crippen LogP contribution in [0.25, 0.3) is 0 Å². The number of anilines is 2. The lowest BCUT2D eigenvalue weighted by molar-refractivity contribution is -0.120. The zero-order chi connectivity index (χ0) is 16.9. The molecule has 1 saturated carbocycles. The van der Waals surface area contributed by atoms with Crippen LogP contribution in [0.15, 0.2) is 12.3 Å². The molecule has 2 heterocycles. The van der Waals surface area contributed by atoms with E-state index in [2.05, 4.69) is 38.9 Å². The van der Waals surface area contributed by atoms with Gasteiger partial charge in [0.25, 0.3) is 0 Å². The first-order chi connectivity index (χ1) is 11.6. The second-order valence-corrected chi connectivity index (χ2v) is 7.18. The summed E-state index contributed by atoms with van der Waals surface area (Å²) in [6.45, 7) is 8.49. The van der Waals surface area contributed by atoms with Crippen LogP contribution in [0.2, 0.25) is 0 Å². The van der Waals surface area contributed by atoms with E-state index < -0.39 is 0 Å². The van der Waals surface area contributed by atoms with Crippen LogP contribution < -0.4 is 10.2 Å². The van der Waals surface area contributed by atoms with E-state index in [-0.39, 0.29) is 11.8 Å². The Labute approximate surface area is 144 Å². The smallest absolute Gasteiger partial charge is 0.231 e. The molecular weight excluding hydrogens is 302 g/mol. The third-order valence-corrected chi connectivity index (χ3v) is 5.22. The lowest BCUT2D eigenvalue weighted by Crippen LogP contribution is -2.49. The molecule has 3 rings (SSSR count). The summed E-state index contributed by atoms with van der Waals surface area (Å²) in [7, 11) is 0. The van der Waals surface area contributed by atoms with Gasteiger partial charge in [-0.1, -0.05) is 19.3 Å². The molecular formula is C18H29N5O. The van der Waals surface area contributed by atoms with Gasteiger partial charge in [-0.15, -0.1) is 0 Å². The molecule has 24 heavy (non-hydrogen) atoms. The number of nitrogens with zero attached hydrogens (tertiary/aromatic N) is 4. The highest BCUT2D eigenvalue weighted by atomic mass is 16.2. The molecule has 0 aromatic carbocycles. The topological polar surface area (TPSA) is 61.4 Å². The van der Waals surface area contributed by atoms with E-state index >= 15 is 0 Å². The maximum absolute atomic E-state index is 12.4. The number of hydrogen-bond acceptors (Lipinski definition) is 5.